The minimum absolute atomic E-state index is 0.0638. The highest BCUT2D eigenvalue weighted by Gasteiger charge is 2.44. The number of aliphatic hydroxyl groups excluding tert-OH is 1. The monoisotopic (exact) mass is 528 g/mol. The Kier molecular flexibility index (Phi) is 9.47. The molecule has 3 rings (SSSR count). The summed E-state index contributed by atoms with van der Waals surface area (Å²) in [4.78, 5) is 46.1. The highest BCUT2D eigenvalue weighted by Crippen LogP contribution is 2.28. The SMILES string of the molecule is Cc1ncsc1-c1ccc(CNC(=O)[C@@H]2C[C@@H](O)CN2C(=O)[C@@H](NC(=O)CCC(C)C)C(C)(C)C)cc1. The van der Waals surface area contributed by atoms with Gasteiger partial charge in [-0.25, -0.2) is 4.98 Å². The van der Waals surface area contributed by atoms with Gasteiger partial charge in [-0.15, -0.1) is 11.3 Å². The van der Waals surface area contributed by atoms with E-state index in [0.29, 0.717) is 18.9 Å². The molecule has 3 amide bonds. The molecule has 202 valence electrons. The van der Waals surface area contributed by atoms with Gasteiger partial charge in [-0.3, -0.25) is 14.4 Å². The molecule has 0 radical (unpaired) electrons. The van der Waals surface area contributed by atoms with E-state index in [1.165, 1.54) is 4.90 Å². The van der Waals surface area contributed by atoms with Crippen molar-refractivity contribution < 1.29 is 19.5 Å². The summed E-state index contributed by atoms with van der Waals surface area (Å²) in [7, 11) is 0. The lowest BCUT2D eigenvalue weighted by atomic mass is 9.85. The molecule has 1 aliphatic heterocycles. The lowest BCUT2D eigenvalue weighted by Crippen LogP contribution is -2.57. The van der Waals surface area contributed by atoms with Crippen LogP contribution in [0.1, 0.15) is 65.1 Å². The van der Waals surface area contributed by atoms with E-state index in [-0.39, 0.29) is 30.7 Å². The lowest BCUT2D eigenvalue weighted by molar-refractivity contribution is -0.144. The number of hydrogen-bond acceptors (Lipinski definition) is 6. The van der Waals surface area contributed by atoms with Crippen LogP contribution in [-0.2, 0) is 20.9 Å². The quantitative estimate of drug-likeness (QED) is 0.460. The van der Waals surface area contributed by atoms with Crippen molar-refractivity contribution in [1.29, 1.82) is 0 Å². The largest absolute Gasteiger partial charge is 0.391 e. The zero-order chi connectivity index (χ0) is 27.3. The maximum absolute atomic E-state index is 13.6. The number of aromatic nitrogens is 1. The highest BCUT2D eigenvalue weighted by atomic mass is 32.1. The Morgan fingerprint density at radius 3 is 2.43 bits per heavy atom. The Balaban J connectivity index is 1.66. The first-order chi connectivity index (χ1) is 17.4. The van der Waals surface area contributed by atoms with Crippen molar-refractivity contribution in [3.8, 4) is 10.4 Å². The number of likely N-dealkylation sites (tertiary alicyclic amines) is 1. The van der Waals surface area contributed by atoms with Crippen LogP contribution in [0.5, 0.6) is 0 Å². The van der Waals surface area contributed by atoms with Crippen LogP contribution < -0.4 is 10.6 Å². The van der Waals surface area contributed by atoms with Crippen LogP contribution in [0.25, 0.3) is 10.4 Å². The first kappa shape index (κ1) is 28.8. The molecule has 0 aliphatic carbocycles. The second kappa shape index (κ2) is 12.2. The molecule has 37 heavy (non-hydrogen) atoms. The van der Waals surface area contributed by atoms with Crippen LogP contribution in [-0.4, -0.2) is 57.4 Å². The number of hydrogen-bond donors (Lipinski definition) is 3. The predicted octanol–water partition coefficient (Wildman–Crippen LogP) is 3.66. The molecule has 0 bridgehead atoms. The number of benzene rings is 1. The summed E-state index contributed by atoms with van der Waals surface area (Å²) in [5, 5.41) is 16.2. The lowest BCUT2D eigenvalue weighted by Gasteiger charge is -2.35. The Morgan fingerprint density at radius 1 is 1.19 bits per heavy atom. The number of aliphatic hydroxyl groups is 1. The minimum atomic E-state index is -0.796. The Morgan fingerprint density at radius 2 is 1.86 bits per heavy atom. The average Bonchev–Trinajstić information content (AvgIpc) is 3.44. The van der Waals surface area contributed by atoms with Crippen LogP contribution in [0, 0.1) is 18.3 Å². The second-order valence-electron chi connectivity index (χ2n) is 11.4. The zero-order valence-electron chi connectivity index (χ0n) is 22.7. The Labute approximate surface area is 223 Å². The fraction of sp³-hybridized carbons (Fsp3) is 0.571. The van der Waals surface area contributed by atoms with Crippen molar-refractivity contribution in [2.24, 2.45) is 11.3 Å². The van der Waals surface area contributed by atoms with E-state index in [4.69, 9.17) is 0 Å². The van der Waals surface area contributed by atoms with Crippen LogP contribution in [0.3, 0.4) is 0 Å². The van der Waals surface area contributed by atoms with Gasteiger partial charge < -0.3 is 20.6 Å². The fourth-order valence-electron chi connectivity index (χ4n) is 4.43. The van der Waals surface area contributed by atoms with Gasteiger partial charge in [0, 0.05) is 25.9 Å². The van der Waals surface area contributed by atoms with Crippen molar-refractivity contribution in [1.82, 2.24) is 20.5 Å². The van der Waals surface area contributed by atoms with E-state index in [1.54, 1.807) is 11.3 Å². The van der Waals surface area contributed by atoms with E-state index in [2.05, 4.69) is 15.6 Å². The number of β-amino-alcohol motifs (C(OH)–C–C–N with tert-alkyl or cyclic N) is 1. The number of carbonyl (C=O) groups excluding carboxylic acids is 3. The van der Waals surface area contributed by atoms with Gasteiger partial charge in [0.1, 0.15) is 12.1 Å². The summed E-state index contributed by atoms with van der Waals surface area (Å²) in [5.74, 6) is -0.457. The number of carbonyl (C=O) groups is 3. The maximum Gasteiger partial charge on any atom is 0.246 e. The number of nitrogens with zero attached hydrogens (tertiary/aromatic N) is 2. The van der Waals surface area contributed by atoms with E-state index in [1.807, 2.05) is 71.3 Å². The smallest absolute Gasteiger partial charge is 0.246 e. The normalized spacial score (nSPS) is 18.6. The van der Waals surface area contributed by atoms with Gasteiger partial charge >= 0.3 is 0 Å². The summed E-state index contributed by atoms with van der Waals surface area (Å²) >= 11 is 1.59. The molecule has 8 nitrogen and oxygen atoms in total. The summed E-state index contributed by atoms with van der Waals surface area (Å²) in [5.41, 5.74) is 4.26. The van der Waals surface area contributed by atoms with Crippen LogP contribution >= 0.6 is 11.3 Å². The third-order valence-electron chi connectivity index (χ3n) is 6.66. The van der Waals surface area contributed by atoms with E-state index >= 15 is 0 Å². The van der Waals surface area contributed by atoms with Gasteiger partial charge in [-0.2, -0.15) is 0 Å². The molecular weight excluding hydrogens is 488 g/mol. The molecule has 2 aromatic rings. The van der Waals surface area contributed by atoms with Crippen molar-refractivity contribution in [3.05, 3.63) is 41.0 Å². The van der Waals surface area contributed by atoms with E-state index in [0.717, 1.165) is 28.1 Å². The first-order valence-corrected chi connectivity index (χ1v) is 13.8. The molecule has 0 saturated carbocycles. The molecule has 1 aromatic heterocycles. The van der Waals surface area contributed by atoms with Gasteiger partial charge in [-0.05, 0) is 35.8 Å². The third-order valence-corrected chi connectivity index (χ3v) is 7.64. The van der Waals surface area contributed by atoms with Gasteiger partial charge in [0.05, 0.1) is 22.2 Å². The third kappa shape index (κ3) is 7.61. The summed E-state index contributed by atoms with van der Waals surface area (Å²) in [6, 6.07) is 6.35. The van der Waals surface area contributed by atoms with E-state index in [9.17, 15) is 19.5 Å². The fourth-order valence-corrected chi connectivity index (χ4v) is 5.24. The Hall–Kier alpha value is -2.78. The average molecular weight is 529 g/mol. The molecule has 9 heteroatoms. The molecule has 1 aliphatic rings. The van der Waals surface area contributed by atoms with Crippen molar-refractivity contribution in [2.45, 2.75) is 85.5 Å². The molecule has 3 atom stereocenters. The molecule has 2 heterocycles. The number of thiazole rings is 1. The molecule has 3 N–H and O–H groups in total. The number of amides is 3. The molecule has 0 spiro atoms. The Bertz CT molecular complexity index is 1090. The minimum Gasteiger partial charge on any atom is -0.391 e. The second-order valence-corrected chi connectivity index (χ2v) is 12.2. The molecule has 1 saturated heterocycles. The van der Waals surface area contributed by atoms with Gasteiger partial charge in [0.2, 0.25) is 17.7 Å². The van der Waals surface area contributed by atoms with Crippen LogP contribution in [0.2, 0.25) is 0 Å². The van der Waals surface area contributed by atoms with Crippen molar-refractivity contribution in [2.75, 3.05) is 6.54 Å². The standard InChI is InChI=1S/C28H40N4O4S/c1-17(2)7-12-23(34)31-25(28(4,5)6)27(36)32-15-21(33)13-22(32)26(35)29-14-19-8-10-20(11-9-19)24-18(3)30-16-37-24/h8-11,16-17,21-22,25,33H,7,12-15H2,1-6H3,(H,29,35)(H,31,34)/t21-,22+,25-/m1/s1. The first-order valence-electron chi connectivity index (χ1n) is 12.9. The zero-order valence-corrected chi connectivity index (χ0v) is 23.5. The number of rotatable bonds is 9. The van der Waals surface area contributed by atoms with Crippen molar-refractivity contribution >= 4 is 29.1 Å². The van der Waals surface area contributed by atoms with Crippen molar-refractivity contribution in [3.63, 3.8) is 0 Å². The highest BCUT2D eigenvalue weighted by molar-refractivity contribution is 7.13. The molecule has 1 fully saturated rings. The number of nitrogens with one attached hydrogen (secondary N) is 2. The topological polar surface area (TPSA) is 112 Å². The van der Waals surface area contributed by atoms with Crippen LogP contribution in [0.15, 0.2) is 29.8 Å². The van der Waals surface area contributed by atoms with Crippen LogP contribution in [0.4, 0.5) is 0 Å². The predicted molar refractivity (Wildman–Crippen MR) is 146 cm³/mol. The number of aryl methyl sites for hydroxylation is 1. The summed E-state index contributed by atoms with van der Waals surface area (Å²) in [6.07, 6.45) is 0.443. The molecule has 1 aromatic carbocycles. The van der Waals surface area contributed by atoms with E-state index < -0.39 is 23.6 Å². The molecular formula is C28H40N4O4S. The summed E-state index contributed by atoms with van der Waals surface area (Å²) < 4.78 is 0. The molecule has 0 unspecified atom stereocenters. The maximum atomic E-state index is 13.6. The van der Waals surface area contributed by atoms with Gasteiger partial charge in [0.15, 0.2) is 0 Å². The summed E-state index contributed by atoms with van der Waals surface area (Å²) in [6.45, 7) is 12.1. The van der Waals surface area contributed by atoms with Gasteiger partial charge in [0.25, 0.3) is 0 Å². The van der Waals surface area contributed by atoms with Gasteiger partial charge in [-0.1, -0.05) is 58.9 Å².